The molecule has 0 atom stereocenters. The number of pyridine rings is 3. The van der Waals surface area contributed by atoms with Gasteiger partial charge in [-0.15, -0.1) is 0 Å². The zero-order valence-electron chi connectivity index (χ0n) is 13.6. The molecule has 5 aromatic rings. The second kappa shape index (κ2) is 4.86. The Morgan fingerprint density at radius 1 is 0.880 bits per heavy atom. The summed E-state index contributed by atoms with van der Waals surface area (Å²) >= 11 is 0. The minimum atomic E-state index is -0.0842. The number of hydrogen-bond acceptors (Lipinski definition) is 3. The molecule has 0 aliphatic carbocycles. The van der Waals surface area contributed by atoms with Gasteiger partial charge in [-0.1, -0.05) is 19.1 Å². The van der Waals surface area contributed by atoms with Gasteiger partial charge in [-0.05, 0) is 48.4 Å². The molecule has 4 heteroatoms. The van der Waals surface area contributed by atoms with E-state index in [1.54, 1.807) is 36.5 Å². The van der Waals surface area contributed by atoms with Crippen molar-refractivity contribution in [2.75, 3.05) is 0 Å². The Balaban J connectivity index is 2.28. The van der Waals surface area contributed by atoms with Gasteiger partial charge in [0.15, 0.2) is 10.9 Å². The first-order chi connectivity index (χ1) is 12.2. The molecule has 4 nitrogen and oxygen atoms in total. The van der Waals surface area contributed by atoms with Crippen molar-refractivity contribution in [2.45, 2.75) is 13.3 Å². The summed E-state index contributed by atoms with van der Waals surface area (Å²) in [6.45, 7) is 2.08. The van der Waals surface area contributed by atoms with Gasteiger partial charge in [0.25, 0.3) is 0 Å². The summed E-state index contributed by atoms with van der Waals surface area (Å²) in [4.78, 5) is 30.4. The number of para-hydroxylation sites is 1. The highest BCUT2D eigenvalue weighted by molar-refractivity contribution is 6.06. The highest BCUT2D eigenvalue weighted by Gasteiger charge is 2.17. The van der Waals surface area contributed by atoms with E-state index in [0.717, 1.165) is 17.5 Å². The highest BCUT2D eigenvalue weighted by atomic mass is 16.1. The molecule has 0 saturated heterocycles. The maximum Gasteiger partial charge on any atom is 0.198 e. The molecule has 0 bridgehead atoms. The predicted octanol–water partition coefficient (Wildman–Crippen LogP) is 3.51. The Bertz CT molecular complexity index is 1400. The maximum absolute atomic E-state index is 13.0. The van der Waals surface area contributed by atoms with E-state index in [9.17, 15) is 9.59 Å². The Labute approximate surface area is 142 Å². The van der Waals surface area contributed by atoms with E-state index >= 15 is 0 Å². The number of aryl methyl sites for hydroxylation is 1. The lowest BCUT2D eigenvalue weighted by molar-refractivity contribution is 1.14. The summed E-state index contributed by atoms with van der Waals surface area (Å²) in [7, 11) is 0. The van der Waals surface area contributed by atoms with E-state index in [1.165, 1.54) is 0 Å². The average molecular weight is 326 g/mol. The van der Waals surface area contributed by atoms with Crippen LogP contribution in [0, 0.1) is 0 Å². The van der Waals surface area contributed by atoms with Gasteiger partial charge < -0.3 is 0 Å². The van der Waals surface area contributed by atoms with Crippen LogP contribution in [0.2, 0.25) is 0 Å². The molecular formula is C21H14N2O2. The van der Waals surface area contributed by atoms with E-state index in [1.807, 2.05) is 22.6 Å². The fourth-order valence-electron chi connectivity index (χ4n) is 3.71. The monoisotopic (exact) mass is 326 g/mol. The van der Waals surface area contributed by atoms with Crippen molar-refractivity contribution in [3.63, 3.8) is 0 Å². The topological polar surface area (TPSA) is 51.4 Å². The molecule has 0 unspecified atom stereocenters. The first-order valence-electron chi connectivity index (χ1n) is 8.31. The number of rotatable bonds is 1. The largest absolute Gasteiger partial charge is 0.292 e. The van der Waals surface area contributed by atoms with Crippen LogP contribution in [0.1, 0.15) is 12.5 Å². The molecule has 0 saturated carbocycles. The highest BCUT2D eigenvalue weighted by Crippen LogP contribution is 2.26. The minimum Gasteiger partial charge on any atom is -0.292 e. The molecule has 2 aromatic carbocycles. The normalized spacial score (nSPS) is 11.9. The Morgan fingerprint density at radius 2 is 1.60 bits per heavy atom. The number of benzene rings is 2. The number of aromatic nitrogens is 2. The van der Waals surface area contributed by atoms with Crippen LogP contribution in [0.5, 0.6) is 0 Å². The van der Waals surface area contributed by atoms with Gasteiger partial charge in [0.1, 0.15) is 5.65 Å². The van der Waals surface area contributed by atoms with Crippen LogP contribution in [0.15, 0.2) is 64.3 Å². The summed E-state index contributed by atoms with van der Waals surface area (Å²) in [5.74, 6) is 0. The third-order valence-corrected chi connectivity index (χ3v) is 4.95. The molecule has 0 radical (unpaired) electrons. The summed E-state index contributed by atoms with van der Waals surface area (Å²) < 4.78 is 1.97. The van der Waals surface area contributed by atoms with Gasteiger partial charge in [-0.3, -0.25) is 14.0 Å². The molecule has 0 spiro atoms. The van der Waals surface area contributed by atoms with Gasteiger partial charge in [0.05, 0.1) is 16.4 Å². The second-order valence-corrected chi connectivity index (χ2v) is 6.28. The lowest BCUT2D eigenvalue weighted by Crippen LogP contribution is -2.14. The van der Waals surface area contributed by atoms with Gasteiger partial charge in [-0.25, -0.2) is 4.98 Å². The van der Waals surface area contributed by atoms with Gasteiger partial charge in [-0.2, -0.15) is 0 Å². The molecule has 3 aromatic heterocycles. The van der Waals surface area contributed by atoms with E-state index in [2.05, 4.69) is 11.9 Å². The van der Waals surface area contributed by atoms with Crippen molar-refractivity contribution in [3.8, 4) is 0 Å². The summed E-state index contributed by atoms with van der Waals surface area (Å²) in [5, 5.41) is 2.32. The van der Waals surface area contributed by atoms with Crippen LogP contribution < -0.4 is 10.9 Å². The molecule has 0 aliphatic rings. The number of nitrogens with zero attached hydrogens (tertiary/aromatic N) is 2. The fraction of sp³-hybridized carbons (Fsp3) is 0.0952. The van der Waals surface area contributed by atoms with Crippen LogP contribution in [-0.2, 0) is 6.42 Å². The standard InChI is InChI=1S/C21H14N2O2/c1-2-12-8-9-13-17(11-12)23-18-14(19(13)24)5-3-6-15(18)20(25)16-7-4-10-22-21(16)23/h3-11H,2H2,1H3. The summed E-state index contributed by atoms with van der Waals surface area (Å²) in [6.07, 6.45) is 2.55. The quantitative estimate of drug-likeness (QED) is 0.350. The summed E-state index contributed by atoms with van der Waals surface area (Å²) in [5.41, 5.74) is 3.06. The van der Waals surface area contributed by atoms with E-state index in [0.29, 0.717) is 32.7 Å². The van der Waals surface area contributed by atoms with Crippen molar-refractivity contribution < 1.29 is 0 Å². The Hall–Kier alpha value is -3.27. The van der Waals surface area contributed by atoms with Crippen LogP contribution in [0.4, 0.5) is 0 Å². The SMILES string of the molecule is CCc1ccc2c(=O)c3cccc4c(=O)c5cccnc5n(c2c1)c34. The van der Waals surface area contributed by atoms with Crippen molar-refractivity contribution in [2.24, 2.45) is 0 Å². The number of hydrogen-bond donors (Lipinski definition) is 0. The molecule has 3 heterocycles. The minimum absolute atomic E-state index is 0.0436. The first-order valence-corrected chi connectivity index (χ1v) is 8.31. The zero-order valence-corrected chi connectivity index (χ0v) is 13.6. The first kappa shape index (κ1) is 14.1. The third-order valence-electron chi connectivity index (χ3n) is 4.95. The van der Waals surface area contributed by atoms with Crippen LogP contribution in [0.25, 0.3) is 38.2 Å². The van der Waals surface area contributed by atoms with Crippen molar-refractivity contribution in [1.29, 1.82) is 0 Å². The lowest BCUT2D eigenvalue weighted by atomic mass is 10.0. The zero-order chi connectivity index (χ0) is 17.1. The molecule has 0 fully saturated rings. The molecule has 0 N–H and O–H groups in total. The fourth-order valence-corrected chi connectivity index (χ4v) is 3.71. The van der Waals surface area contributed by atoms with Crippen molar-refractivity contribution >= 4 is 38.2 Å². The van der Waals surface area contributed by atoms with Crippen molar-refractivity contribution in [1.82, 2.24) is 9.38 Å². The second-order valence-electron chi connectivity index (χ2n) is 6.28. The predicted molar refractivity (Wildman–Crippen MR) is 101 cm³/mol. The molecule has 25 heavy (non-hydrogen) atoms. The van der Waals surface area contributed by atoms with E-state index < -0.39 is 0 Å². The average Bonchev–Trinajstić information content (AvgIpc) is 2.67. The van der Waals surface area contributed by atoms with Crippen molar-refractivity contribution in [3.05, 3.63) is 80.7 Å². The lowest BCUT2D eigenvalue weighted by Gasteiger charge is -2.14. The molecule has 0 amide bonds. The summed E-state index contributed by atoms with van der Waals surface area (Å²) in [6, 6.07) is 14.8. The van der Waals surface area contributed by atoms with Gasteiger partial charge >= 0.3 is 0 Å². The van der Waals surface area contributed by atoms with E-state index in [-0.39, 0.29) is 10.9 Å². The molecule has 0 aliphatic heterocycles. The molecule has 120 valence electrons. The number of fused-ring (bicyclic) bond motifs is 4. The third kappa shape index (κ3) is 1.74. The van der Waals surface area contributed by atoms with Crippen LogP contribution in [-0.4, -0.2) is 9.38 Å². The molecule has 5 rings (SSSR count). The Kier molecular flexibility index (Phi) is 2.74. The maximum atomic E-state index is 13.0. The van der Waals surface area contributed by atoms with Gasteiger partial charge in [0.2, 0.25) is 0 Å². The Morgan fingerprint density at radius 3 is 2.36 bits per heavy atom. The van der Waals surface area contributed by atoms with Crippen LogP contribution >= 0.6 is 0 Å². The smallest absolute Gasteiger partial charge is 0.198 e. The van der Waals surface area contributed by atoms with Crippen LogP contribution in [0.3, 0.4) is 0 Å². The molecular weight excluding hydrogens is 312 g/mol. The van der Waals surface area contributed by atoms with Gasteiger partial charge in [0, 0.05) is 22.4 Å². The van der Waals surface area contributed by atoms with E-state index in [4.69, 9.17) is 0 Å².